The number of ether oxygens (including phenoxy) is 1. The molecule has 0 amide bonds. The molecule has 1 N–H and O–H groups in total. The first kappa shape index (κ1) is 14.4. The molecule has 0 saturated carbocycles. The quantitative estimate of drug-likeness (QED) is 0.766. The number of hydrogen-bond acceptors (Lipinski definition) is 3. The minimum Gasteiger partial charge on any atom is -0.383 e. The summed E-state index contributed by atoms with van der Waals surface area (Å²) in [6.07, 6.45) is 0. The molecular formula is C11H16ClNO3S. The van der Waals surface area contributed by atoms with Crippen LogP contribution in [0.5, 0.6) is 0 Å². The Bertz CT molecular complexity index is 422. The molecule has 1 atom stereocenters. The van der Waals surface area contributed by atoms with Gasteiger partial charge in [0.15, 0.2) is 0 Å². The second-order valence-corrected chi connectivity index (χ2v) is 5.73. The van der Waals surface area contributed by atoms with E-state index >= 15 is 0 Å². The van der Waals surface area contributed by atoms with E-state index in [2.05, 4.69) is 4.72 Å². The number of halogens is 1. The van der Waals surface area contributed by atoms with Gasteiger partial charge >= 0.3 is 0 Å². The van der Waals surface area contributed by atoms with Crippen LogP contribution in [0.4, 0.5) is 0 Å². The van der Waals surface area contributed by atoms with E-state index in [1.807, 2.05) is 6.07 Å². The largest absolute Gasteiger partial charge is 0.383 e. The fourth-order valence-electron chi connectivity index (χ4n) is 1.40. The van der Waals surface area contributed by atoms with Gasteiger partial charge in [-0.1, -0.05) is 30.3 Å². The Morgan fingerprint density at radius 2 is 2.00 bits per heavy atom. The van der Waals surface area contributed by atoms with Crippen LogP contribution in [0.2, 0.25) is 0 Å². The van der Waals surface area contributed by atoms with Crippen LogP contribution in [-0.2, 0) is 20.5 Å². The lowest BCUT2D eigenvalue weighted by Crippen LogP contribution is -2.39. The highest BCUT2D eigenvalue weighted by molar-refractivity contribution is 7.88. The first-order valence-corrected chi connectivity index (χ1v) is 7.35. The lowest BCUT2D eigenvalue weighted by molar-refractivity contribution is 0.181. The zero-order valence-electron chi connectivity index (χ0n) is 9.60. The summed E-state index contributed by atoms with van der Waals surface area (Å²) in [5, 5.41) is 0. The summed E-state index contributed by atoms with van der Waals surface area (Å²) in [4.78, 5) is 0. The predicted molar refractivity (Wildman–Crippen MR) is 68.6 cm³/mol. The molecule has 0 aromatic heterocycles. The van der Waals surface area contributed by atoms with Gasteiger partial charge in [0.25, 0.3) is 0 Å². The van der Waals surface area contributed by atoms with Gasteiger partial charge in [0.05, 0.1) is 18.4 Å². The van der Waals surface area contributed by atoms with Gasteiger partial charge in [-0.25, -0.2) is 13.1 Å². The maximum absolute atomic E-state index is 11.8. The Morgan fingerprint density at radius 3 is 2.53 bits per heavy atom. The van der Waals surface area contributed by atoms with Crippen LogP contribution in [0.1, 0.15) is 5.56 Å². The number of sulfonamides is 1. The molecule has 4 nitrogen and oxygen atoms in total. The Morgan fingerprint density at radius 1 is 1.35 bits per heavy atom. The molecule has 0 saturated heterocycles. The molecule has 0 aliphatic rings. The summed E-state index contributed by atoms with van der Waals surface area (Å²) in [7, 11) is -1.88. The number of benzene rings is 1. The molecule has 1 aromatic rings. The number of methoxy groups -OCH3 is 1. The van der Waals surface area contributed by atoms with E-state index in [4.69, 9.17) is 16.3 Å². The van der Waals surface area contributed by atoms with Gasteiger partial charge in [-0.05, 0) is 5.56 Å². The maximum atomic E-state index is 11.8. The van der Waals surface area contributed by atoms with Gasteiger partial charge in [-0.3, -0.25) is 0 Å². The number of alkyl halides is 1. The average Bonchev–Trinajstić information content (AvgIpc) is 2.29. The maximum Gasteiger partial charge on any atom is 0.216 e. The zero-order valence-corrected chi connectivity index (χ0v) is 11.2. The smallest absolute Gasteiger partial charge is 0.216 e. The van der Waals surface area contributed by atoms with E-state index in [1.54, 1.807) is 24.3 Å². The van der Waals surface area contributed by atoms with E-state index < -0.39 is 16.1 Å². The van der Waals surface area contributed by atoms with Crippen molar-refractivity contribution < 1.29 is 13.2 Å². The van der Waals surface area contributed by atoms with Gasteiger partial charge in [-0.2, -0.15) is 0 Å². The van der Waals surface area contributed by atoms with E-state index in [-0.39, 0.29) is 18.2 Å². The van der Waals surface area contributed by atoms with Crippen molar-refractivity contribution in [3.05, 3.63) is 35.9 Å². The van der Waals surface area contributed by atoms with Crippen LogP contribution in [0.25, 0.3) is 0 Å². The highest BCUT2D eigenvalue weighted by Crippen LogP contribution is 2.05. The molecule has 0 bridgehead atoms. The summed E-state index contributed by atoms with van der Waals surface area (Å²) in [5.41, 5.74) is 0.741. The van der Waals surface area contributed by atoms with Crippen molar-refractivity contribution in [2.45, 2.75) is 11.8 Å². The van der Waals surface area contributed by atoms with Gasteiger partial charge in [0.1, 0.15) is 0 Å². The first-order valence-electron chi connectivity index (χ1n) is 5.16. The van der Waals surface area contributed by atoms with Crippen molar-refractivity contribution in [3.8, 4) is 0 Å². The SMILES string of the molecule is COCC(CCl)NS(=O)(=O)Cc1ccccc1. The lowest BCUT2D eigenvalue weighted by Gasteiger charge is -2.15. The van der Waals surface area contributed by atoms with Gasteiger partial charge in [0, 0.05) is 13.0 Å². The zero-order chi connectivity index (χ0) is 12.7. The van der Waals surface area contributed by atoms with Crippen molar-refractivity contribution in [1.82, 2.24) is 4.72 Å². The normalized spacial score (nSPS) is 13.5. The van der Waals surface area contributed by atoms with Crippen LogP contribution in [0.3, 0.4) is 0 Å². The Balaban J connectivity index is 2.63. The Labute approximate surface area is 107 Å². The topological polar surface area (TPSA) is 55.4 Å². The van der Waals surface area contributed by atoms with E-state index in [0.717, 1.165) is 5.56 Å². The van der Waals surface area contributed by atoms with Crippen LogP contribution in [0.15, 0.2) is 30.3 Å². The molecular weight excluding hydrogens is 262 g/mol. The molecule has 1 rings (SSSR count). The number of rotatable bonds is 7. The van der Waals surface area contributed by atoms with Gasteiger partial charge in [-0.15, -0.1) is 11.6 Å². The second-order valence-electron chi connectivity index (χ2n) is 3.67. The van der Waals surface area contributed by atoms with Crippen molar-refractivity contribution in [1.29, 1.82) is 0 Å². The molecule has 0 fully saturated rings. The standard InChI is InChI=1S/C11H16ClNO3S/c1-16-8-11(7-12)13-17(14,15)9-10-5-3-2-4-6-10/h2-6,11,13H,7-9H2,1H3. The molecule has 0 spiro atoms. The van der Waals surface area contributed by atoms with Crippen molar-refractivity contribution in [2.75, 3.05) is 19.6 Å². The van der Waals surface area contributed by atoms with Crippen LogP contribution >= 0.6 is 11.6 Å². The van der Waals surface area contributed by atoms with Crippen LogP contribution in [-0.4, -0.2) is 34.1 Å². The third-order valence-electron chi connectivity index (χ3n) is 2.10. The summed E-state index contributed by atoms with van der Waals surface area (Å²) in [6, 6.07) is 8.60. The van der Waals surface area contributed by atoms with Gasteiger partial charge in [0.2, 0.25) is 10.0 Å². The van der Waals surface area contributed by atoms with Crippen molar-refractivity contribution in [2.24, 2.45) is 0 Å². The van der Waals surface area contributed by atoms with E-state index in [1.165, 1.54) is 7.11 Å². The fourth-order valence-corrected chi connectivity index (χ4v) is 3.03. The van der Waals surface area contributed by atoms with Crippen molar-refractivity contribution >= 4 is 21.6 Å². The Hall–Kier alpha value is -0.620. The highest BCUT2D eigenvalue weighted by atomic mass is 35.5. The molecule has 1 aromatic carbocycles. The second kappa shape index (κ2) is 6.96. The number of hydrogen-bond donors (Lipinski definition) is 1. The molecule has 1 unspecified atom stereocenters. The highest BCUT2D eigenvalue weighted by Gasteiger charge is 2.17. The van der Waals surface area contributed by atoms with Gasteiger partial charge < -0.3 is 4.74 Å². The molecule has 0 aliphatic heterocycles. The fraction of sp³-hybridized carbons (Fsp3) is 0.455. The van der Waals surface area contributed by atoms with Crippen molar-refractivity contribution in [3.63, 3.8) is 0 Å². The monoisotopic (exact) mass is 277 g/mol. The lowest BCUT2D eigenvalue weighted by atomic mass is 10.2. The minimum absolute atomic E-state index is 0.0507. The molecule has 96 valence electrons. The summed E-state index contributed by atoms with van der Waals surface area (Å²) < 4.78 is 31.0. The van der Waals surface area contributed by atoms with E-state index in [0.29, 0.717) is 0 Å². The predicted octanol–water partition coefficient (Wildman–Crippen LogP) is 1.36. The molecule has 17 heavy (non-hydrogen) atoms. The summed E-state index contributed by atoms with van der Waals surface area (Å²) >= 11 is 5.65. The third kappa shape index (κ3) is 5.50. The summed E-state index contributed by atoms with van der Waals surface area (Å²) in [5.74, 6) is 0.132. The first-order chi connectivity index (χ1) is 8.07. The minimum atomic E-state index is -3.38. The van der Waals surface area contributed by atoms with Crippen LogP contribution in [0, 0.1) is 0 Å². The molecule has 0 radical (unpaired) electrons. The summed E-state index contributed by atoms with van der Waals surface area (Å²) in [6.45, 7) is 0.261. The third-order valence-corrected chi connectivity index (χ3v) is 3.88. The van der Waals surface area contributed by atoms with Crippen LogP contribution < -0.4 is 4.72 Å². The molecule has 0 aliphatic carbocycles. The average molecular weight is 278 g/mol. The van der Waals surface area contributed by atoms with E-state index in [9.17, 15) is 8.42 Å². The Kier molecular flexibility index (Phi) is 5.91. The molecule has 6 heteroatoms. The molecule has 0 heterocycles. The number of nitrogens with one attached hydrogen (secondary N) is 1.